The molecule has 2 aromatic heterocycles. The van der Waals surface area contributed by atoms with Crippen LogP contribution in [0.1, 0.15) is 47.3 Å². The van der Waals surface area contributed by atoms with Crippen LogP contribution >= 0.6 is 22.9 Å². The van der Waals surface area contributed by atoms with Crippen molar-refractivity contribution in [1.29, 1.82) is 0 Å². The second-order valence-electron chi connectivity index (χ2n) is 8.82. The van der Waals surface area contributed by atoms with Gasteiger partial charge in [-0.1, -0.05) is 60.5 Å². The molecule has 3 aromatic carbocycles. The molecule has 0 unspecified atom stereocenters. The summed E-state index contributed by atoms with van der Waals surface area (Å²) in [6, 6.07) is 19.5. The maximum Gasteiger partial charge on any atom is 0.172 e. The predicted octanol–water partition coefficient (Wildman–Crippen LogP) is 7.53. The Morgan fingerprint density at radius 2 is 1.83 bits per heavy atom. The summed E-state index contributed by atoms with van der Waals surface area (Å²) in [6.45, 7) is 0. The Morgan fingerprint density at radius 3 is 2.56 bits per heavy atom. The first-order valence-corrected chi connectivity index (χ1v) is 13.0. The zero-order valence-corrected chi connectivity index (χ0v) is 20.7. The highest BCUT2D eigenvalue weighted by molar-refractivity contribution is 7.16. The van der Waals surface area contributed by atoms with E-state index in [1.165, 1.54) is 18.6 Å². The third-order valence-corrected chi connectivity index (χ3v) is 7.74. The van der Waals surface area contributed by atoms with E-state index < -0.39 is 0 Å². The van der Waals surface area contributed by atoms with Gasteiger partial charge in [-0.2, -0.15) is 0 Å². The van der Waals surface area contributed by atoms with Crippen LogP contribution in [-0.2, 0) is 0 Å². The monoisotopic (exact) mass is 513 g/mol. The number of aromatic nitrogens is 5. The minimum absolute atomic E-state index is 0.333. The molecule has 0 radical (unpaired) electrons. The Bertz CT molecular complexity index is 1580. The Balaban J connectivity index is 1.53. The topological polar surface area (TPSA) is 67.3 Å². The number of nitrogens with one attached hydrogen (secondary N) is 1. The molecule has 8 heteroatoms. The van der Waals surface area contributed by atoms with Crippen molar-refractivity contribution >= 4 is 56.5 Å². The Hall–Kier alpha value is -3.68. The molecule has 1 fully saturated rings. The van der Waals surface area contributed by atoms with Crippen molar-refractivity contribution in [2.75, 3.05) is 0 Å². The van der Waals surface area contributed by atoms with Crippen LogP contribution in [0.2, 0.25) is 5.02 Å². The van der Waals surface area contributed by atoms with E-state index in [0.717, 1.165) is 56.5 Å². The summed E-state index contributed by atoms with van der Waals surface area (Å²) in [6.07, 6.45) is 7.13. The maximum atomic E-state index is 14.0. The molecule has 2 heterocycles. The molecular weight excluding hydrogens is 493 g/mol. The summed E-state index contributed by atoms with van der Waals surface area (Å²) >= 11 is 8.27. The predicted molar refractivity (Wildman–Crippen MR) is 144 cm³/mol. The quantitative estimate of drug-likeness (QED) is 0.238. The van der Waals surface area contributed by atoms with Gasteiger partial charge in [-0.05, 0) is 92.9 Å². The summed E-state index contributed by atoms with van der Waals surface area (Å²) in [5.41, 5.74) is 9.17. The van der Waals surface area contributed by atoms with E-state index in [1.54, 1.807) is 11.3 Å². The molecule has 36 heavy (non-hydrogen) atoms. The van der Waals surface area contributed by atoms with E-state index in [2.05, 4.69) is 68.1 Å². The van der Waals surface area contributed by atoms with Gasteiger partial charge in [0.15, 0.2) is 5.82 Å². The van der Waals surface area contributed by atoms with Crippen molar-refractivity contribution in [2.24, 2.45) is 5.92 Å². The van der Waals surface area contributed by atoms with E-state index >= 15 is 0 Å². The minimum atomic E-state index is -0.333. The van der Waals surface area contributed by atoms with Crippen LogP contribution in [-0.4, -0.2) is 25.6 Å². The molecule has 0 aliphatic heterocycles. The van der Waals surface area contributed by atoms with Gasteiger partial charge in [0.05, 0.1) is 20.7 Å². The van der Waals surface area contributed by atoms with Gasteiger partial charge < -0.3 is 0 Å². The van der Waals surface area contributed by atoms with Crippen molar-refractivity contribution < 1.29 is 4.39 Å². The fourth-order valence-corrected chi connectivity index (χ4v) is 5.56. The first-order chi connectivity index (χ1) is 17.7. The molecule has 0 amide bonds. The molecule has 0 atom stereocenters. The number of H-pyrrole nitrogens is 1. The van der Waals surface area contributed by atoms with Gasteiger partial charge in [0, 0.05) is 0 Å². The lowest BCUT2D eigenvalue weighted by atomic mass is 9.73. The lowest BCUT2D eigenvalue weighted by Crippen LogP contribution is -2.15. The van der Waals surface area contributed by atoms with E-state index in [4.69, 9.17) is 11.6 Å². The van der Waals surface area contributed by atoms with E-state index in [1.807, 2.05) is 23.7 Å². The number of halogens is 2. The molecule has 1 N–H and O–H groups in total. The van der Waals surface area contributed by atoms with Crippen LogP contribution in [0, 0.1) is 11.7 Å². The van der Waals surface area contributed by atoms with Gasteiger partial charge in [0.1, 0.15) is 5.82 Å². The highest BCUT2D eigenvalue weighted by atomic mass is 35.5. The van der Waals surface area contributed by atoms with Gasteiger partial charge in [-0.3, -0.25) is 0 Å². The fraction of sp³-hybridized carbons (Fsp3) is 0.143. The van der Waals surface area contributed by atoms with Crippen molar-refractivity contribution in [3.05, 3.63) is 105 Å². The molecule has 1 aliphatic carbocycles. The third-order valence-electron chi connectivity index (χ3n) is 6.62. The number of aromatic amines is 1. The number of benzene rings is 3. The maximum absolute atomic E-state index is 14.0. The van der Waals surface area contributed by atoms with Crippen LogP contribution in [0.4, 0.5) is 4.39 Å². The molecule has 5 nitrogen and oxygen atoms in total. The summed E-state index contributed by atoms with van der Waals surface area (Å²) in [7, 11) is 0. The highest BCUT2D eigenvalue weighted by Gasteiger charge is 2.28. The number of hydrogen-bond acceptors (Lipinski definition) is 5. The minimum Gasteiger partial charge on any atom is -0.245 e. The fourth-order valence-electron chi connectivity index (χ4n) is 4.63. The number of rotatable bonds is 6. The molecule has 1 aliphatic rings. The normalized spacial score (nSPS) is 14.8. The van der Waals surface area contributed by atoms with Gasteiger partial charge >= 0.3 is 0 Å². The van der Waals surface area contributed by atoms with E-state index in [0.29, 0.717) is 16.8 Å². The SMILES string of the molecule is Fc1ccc(/C(=C(\c2ccc(/C=C/c3nnn[nH]3)cc2)c2ccc3scnc3c2)C2CCC2)c(Cl)c1. The first kappa shape index (κ1) is 22.8. The molecule has 5 aromatic rings. The molecule has 0 saturated heterocycles. The Kier molecular flexibility index (Phi) is 6.17. The Labute approximate surface area is 216 Å². The molecule has 178 valence electrons. The smallest absolute Gasteiger partial charge is 0.172 e. The highest BCUT2D eigenvalue weighted by Crippen LogP contribution is 2.47. The summed E-state index contributed by atoms with van der Waals surface area (Å²) < 4.78 is 15.1. The van der Waals surface area contributed by atoms with Crippen molar-refractivity contribution in [2.45, 2.75) is 19.3 Å². The van der Waals surface area contributed by atoms with Crippen LogP contribution in [0.15, 0.2) is 66.2 Å². The van der Waals surface area contributed by atoms with Crippen LogP contribution in [0.3, 0.4) is 0 Å². The lowest BCUT2D eigenvalue weighted by Gasteiger charge is -2.32. The second-order valence-corrected chi connectivity index (χ2v) is 10.1. The van der Waals surface area contributed by atoms with Crippen molar-refractivity contribution in [1.82, 2.24) is 25.6 Å². The number of fused-ring (bicyclic) bond motifs is 1. The molecule has 0 spiro atoms. The van der Waals surface area contributed by atoms with Gasteiger partial charge in [-0.25, -0.2) is 14.5 Å². The largest absolute Gasteiger partial charge is 0.245 e. The summed E-state index contributed by atoms with van der Waals surface area (Å²) in [5.74, 6) is 0.613. The molecule has 1 saturated carbocycles. The van der Waals surface area contributed by atoms with Crippen molar-refractivity contribution in [3.8, 4) is 0 Å². The van der Waals surface area contributed by atoms with Crippen LogP contribution < -0.4 is 0 Å². The average Bonchev–Trinajstić information content (AvgIpc) is 3.54. The van der Waals surface area contributed by atoms with Gasteiger partial charge in [0.25, 0.3) is 0 Å². The number of thiazole rings is 1. The number of allylic oxidation sites excluding steroid dienone is 1. The summed E-state index contributed by atoms with van der Waals surface area (Å²) in [5, 5.41) is 14.2. The van der Waals surface area contributed by atoms with Gasteiger partial charge in [-0.15, -0.1) is 16.4 Å². The van der Waals surface area contributed by atoms with Crippen molar-refractivity contribution in [3.63, 3.8) is 0 Å². The number of tetrazole rings is 1. The molecule has 0 bridgehead atoms. The molecular formula is C28H21ClFN5S. The average molecular weight is 514 g/mol. The first-order valence-electron chi connectivity index (χ1n) is 11.7. The van der Waals surface area contributed by atoms with Crippen LogP contribution in [0.5, 0.6) is 0 Å². The lowest BCUT2D eigenvalue weighted by molar-refractivity contribution is 0.401. The van der Waals surface area contributed by atoms with E-state index in [-0.39, 0.29) is 5.82 Å². The van der Waals surface area contributed by atoms with Crippen LogP contribution in [0.25, 0.3) is 33.5 Å². The summed E-state index contributed by atoms with van der Waals surface area (Å²) in [4.78, 5) is 4.55. The second kappa shape index (κ2) is 9.76. The Morgan fingerprint density at radius 1 is 1.00 bits per heavy atom. The standard InChI is InChI=1S/C28H21ClFN5S/c29-23-15-21(30)10-11-22(23)28(18-2-1-3-18)27(20-9-12-25-24(14-20)31-16-36-25)19-7-4-17(5-8-19)6-13-26-32-34-35-33-26/h4-16,18H,1-3H2,(H,32,33,34,35)/b13-6+,28-27+. The third kappa shape index (κ3) is 4.47. The molecule has 6 rings (SSSR count). The zero-order valence-electron chi connectivity index (χ0n) is 19.2. The zero-order chi connectivity index (χ0) is 24.5. The van der Waals surface area contributed by atoms with Gasteiger partial charge in [0.2, 0.25) is 0 Å². The number of hydrogen-bond donors (Lipinski definition) is 1. The van der Waals surface area contributed by atoms with E-state index in [9.17, 15) is 4.39 Å². The number of nitrogens with zero attached hydrogens (tertiary/aromatic N) is 4.